The molecule has 1 aliphatic rings. The average molecular weight is 295 g/mol. The normalized spacial score (nSPS) is 24.0. The van der Waals surface area contributed by atoms with Gasteiger partial charge in [-0.15, -0.1) is 11.3 Å². The summed E-state index contributed by atoms with van der Waals surface area (Å²) in [6.45, 7) is 11.1. The Labute approximate surface area is 128 Å². The maximum absolute atomic E-state index is 4.75. The van der Waals surface area contributed by atoms with Gasteiger partial charge in [-0.1, -0.05) is 47.0 Å². The highest BCUT2D eigenvalue weighted by Crippen LogP contribution is 2.30. The molecule has 1 aromatic rings. The van der Waals surface area contributed by atoms with Gasteiger partial charge in [0.15, 0.2) is 0 Å². The van der Waals surface area contributed by atoms with Gasteiger partial charge in [0.2, 0.25) is 0 Å². The molecule has 0 bridgehead atoms. The van der Waals surface area contributed by atoms with Crippen LogP contribution in [0.1, 0.15) is 70.5 Å². The Morgan fingerprint density at radius 2 is 1.85 bits per heavy atom. The molecule has 0 atom stereocenters. The second-order valence-electron chi connectivity index (χ2n) is 7.32. The van der Waals surface area contributed by atoms with Crippen molar-refractivity contribution >= 4 is 11.3 Å². The molecule has 114 valence electrons. The highest BCUT2D eigenvalue weighted by molar-refractivity contribution is 7.09. The highest BCUT2D eigenvalue weighted by atomic mass is 32.1. The van der Waals surface area contributed by atoms with E-state index in [2.05, 4.69) is 38.4 Å². The molecule has 1 aromatic heterocycles. The molecule has 1 fully saturated rings. The first kappa shape index (κ1) is 16.0. The second-order valence-corrected chi connectivity index (χ2v) is 8.18. The molecule has 3 heteroatoms. The molecule has 0 aliphatic heterocycles. The molecule has 0 aromatic carbocycles. The Morgan fingerprint density at radius 1 is 1.20 bits per heavy atom. The predicted molar refractivity (Wildman–Crippen MR) is 88.3 cm³/mol. The molecular weight excluding hydrogens is 264 g/mol. The molecule has 1 N–H and O–H groups in total. The van der Waals surface area contributed by atoms with E-state index in [0.717, 1.165) is 18.4 Å². The van der Waals surface area contributed by atoms with Gasteiger partial charge in [0, 0.05) is 17.3 Å². The molecule has 0 saturated heterocycles. The fourth-order valence-electron chi connectivity index (χ4n) is 2.98. The van der Waals surface area contributed by atoms with Crippen molar-refractivity contribution in [2.45, 2.75) is 71.8 Å². The van der Waals surface area contributed by atoms with Crippen LogP contribution in [0, 0.1) is 11.8 Å². The molecule has 20 heavy (non-hydrogen) atoms. The third-order valence-corrected chi connectivity index (χ3v) is 5.79. The Balaban J connectivity index is 1.70. The van der Waals surface area contributed by atoms with Crippen molar-refractivity contribution < 1.29 is 0 Å². The van der Waals surface area contributed by atoms with E-state index >= 15 is 0 Å². The summed E-state index contributed by atoms with van der Waals surface area (Å²) in [6.07, 6.45) is 7.07. The maximum Gasteiger partial charge on any atom is 0.0982 e. The zero-order chi connectivity index (χ0) is 14.6. The predicted octanol–water partition coefficient (Wildman–Crippen LogP) is 4.75. The zero-order valence-electron chi connectivity index (χ0n) is 13.5. The van der Waals surface area contributed by atoms with E-state index in [9.17, 15) is 0 Å². The smallest absolute Gasteiger partial charge is 0.0982 e. The number of thiazole rings is 1. The lowest BCUT2D eigenvalue weighted by Gasteiger charge is -2.27. The van der Waals surface area contributed by atoms with Crippen molar-refractivity contribution in [3.63, 3.8) is 0 Å². The summed E-state index contributed by atoms with van der Waals surface area (Å²) in [5, 5.41) is 7.07. The first-order chi connectivity index (χ1) is 9.49. The van der Waals surface area contributed by atoms with Crippen LogP contribution in [-0.4, -0.2) is 11.5 Å². The maximum atomic E-state index is 4.75. The summed E-state index contributed by atoms with van der Waals surface area (Å²) >= 11 is 1.79. The minimum Gasteiger partial charge on any atom is -0.311 e. The van der Waals surface area contributed by atoms with Crippen LogP contribution in [0.25, 0.3) is 0 Å². The third kappa shape index (κ3) is 4.56. The van der Waals surface area contributed by atoms with Gasteiger partial charge in [0.1, 0.15) is 0 Å². The molecule has 2 nitrogen and oxygen atoms in total. The number of hydrogen-bond donors (Lipinski definition) is 1. The Hall–Kier alpha value is -0.410. The van der Waals surface area contributed by atoms with E-state index in [1.165, 1.54) is 49.4 Å². The average Bonchev–Trinajstić information content (AvgIpc) is 2.88. The summed E-state index contributed by atoms with van der Waals surface area (Å²) in [5.74, 6) is 1.89. The molecule has 1 heterocycles. The minimum atomic E-state index is 0.182. The number of nitrogens with zero attached hydrogens (tertiary/aromatic N) is 1. The Bertz CT molecular complexity index is 397. The summed E-state index contributed by atoms with van der Waals surface area (Å²) in [7, 11) is 0. The van der Waals surface area contributed by atoms with Crippen LogP contribution >= 0.6 is 11.3 Å². The van der Waals surface area contributed by atoms with E-state index in [4.69, 9.17) is 4.98 Å². The number of rotatable bonds is 5. The van der Waals surface area contributed by atoms with Gasteiger partial charge in [-0.3, -0.25) is 0 Å². The van der Waals surface area contributed by atoms with Crippen molar-refractivity contribution in [3.05, 3.63) is 16.1 Å². The van der Waals surface area contributed by atoms with E-state index in [0.29, 0.717) is 0 Å². The second kappa shape index (κ2) is 7.04. The van der Waals surface area contributed by atoms with E-state index in [-0.39, 0.29) is 5.41 Å². The SMILES string of the molecule is CCC1CCC(CNCc2csc(C(C)(C)C)n2)CC1. The monoisotopic (exact) mass is 294 g/mol. The highest BCUT2D eigenvalue weighted by Gasteiger charge is 2.20. The lowest BCUT2D eigenvalue weighted by molar-refractivity contribution is 0.262. The molecule has 0 amide bonds. The summed E-state index contributed by atoms with van der Waals surface area (Å²) in [6, 6.07) is 0. The van der Waals surface area contributed by atoms with Gasteiger partial charge in [-0.25, -0.2) is 4.98 Å². The van der Waals surface area contributed by atoms with Gasteiger partial charge < -0.3 is 5.32 Å². The van der Waals surface area contributed by atoms with Crippen LogP contribution in [-0.2, 0) is 12.0 Å². The fourth-order valence-corrected chi connectivity index (χ4v) is 3.89. The molecule has 1 aliphatic carbocycles. The quantitative estimate of drug-likeness (QED) is 0.848. The van der Waals surface area contributed by atoms with E-state index < -0.39 is 0 Å². The van der Waals surface area contributed by atoms with Crippen LogP contribution in [0.4, 0.5) is 0 Å². The minimum absolute atomic E-state index is 0.182. The van der Waals surface area contributed by atoms with Crippen molar-refractivity contribution in [3.8, 4) is 0 Å². The van der Waals surface area contributed by atoms with Crippen LogP contribution in [0.15, 0.2) is 5.38 Å². The van der Waals surface area contributed by atoms with Crippen LogP contribution in [0.5, 0.6) is 0 Å². The number of nitrogens with one attached hydrogen (secondary N) is 1. The molecule has 2 rings (SSSR count). The van der Waals surface area contributed by atoms with Gasteiger partial charge in [0.05, 0.1) is 10.7 Å². The van der Waals surface area contributed by atoms with Gasteiger partial charge >= 0.3 is 0 Å². The third-order valence-electron chi connectivity index (χ3n) is 4.48. The van der Waals surface area contributed by atoms with E-state index in [1.807, 2.05) is 0 Å². The van der Waals surface area contributed by atoms with Gasteiger partial charge in [-0.2, -0.15) is 0 Å². The van der Waals surface area contributed by atoms with Crippen molar-refractivity contribution in [2.24, 2.45) is 11.8 Å². The lowest BCUT2D eigenvalue weighted by atomic mass is 9.81. The number of hydrogen-bond acceptors (Lipinski definition) is 3. The summed E-state index contributed by atoms with van der Waals surface area (Å²) in [4.78, 5) is 4.75. The molecule has 0 spiro atoms. The first-order valence-corrected chi connectivity index (χ1v) is 9.02. The molecule has 0 unspecified atom stereocenters. The zero-order valence-corrected chi connectivity index (χ0v) is 14.4. The summed E-state index contributed by atoms with van der Waals surface area (Å²) in [5.41, 5.74) is 1.39. The van der Waals surface area contributed by atoms with Gasteiger partial charge in [0.25, 0.3) is 0 Å². The lowest BCUT2D eigenvalue weighted by Crippen LogP contribution is -2.26. The Kier molecular flexibility index (Phi) is 5.62. The van der Waals surface area contributed by atoms with Crippen molar-refractivity contribution in [1.29, 1.82) is 0 Å². The number of aromatic nitrogens is 1. The van der Waals surface area contributed by atoms with Crippen molar-refractivity contribution in [2.75, 3.05) is 6.54 Å². The summed E-state index contributed by atoms with van der Waals surface area (Å²) < 4.78 is 0. The standard InChI is InChI=1S/C17H30N2S/c1-5-13-6-8-14(9-7-13)10-18-11-15-12-20-16(19-15)17(2,3)4/h12-14,18H,5-11H2,1-4H3. The Morgan fingerprint density at radius 3 is 2.40 bits per heavy atom. The van der Waals surface area contributed by atoms with E-state index in [1.54, 1.807) is 11.3 Å². The molecule has 0 radical (unpaired) electrons. The van der Waals surface area contributed by atoms with Crippen LogP contribution in [0.2, 0.25) is 0 Å². The molecular formula is C17H30N2S. The van der Waals surface area contributed by atoms with Crippen LogP contribution in [0.3, 0.4) is 0 Å². The largest absolute Gasteiger partial charge is 0.311 e. The van der Waals surface area contributed by atoms with Crippen molar-refractivity contribution in [1.82, 2.24) is 10.3 Å². The topological polar surface area (TPSA) is 24.9 Å². The van der Waals surface area contributed by atoms with Crippen LogP contribution < -0.4 is 5.32 Å². The fraction of sp³-hybridized carbons (Fsp3) is 0.824. The molecule has 1 saturated carbocycles. The van der Waals surface area contributed by atoms with Gasteiger partial charge in [-0.05, 0) is 31.2 Å². The first-order valence-electron chi connectivity index (χ1n) is 8.14.